The predicted octanol–water partition coefficient (Wildman–Crippen LogP) is 3.00. The molecule has 21 heavy (non-hydrogen) atoms. The highest BCUT2D eigenvalue weighted by molar-refractivity contribution is 6.18. The summed E-state index contributed by atoms with van der Waals surface area (Å²) in [5.41, 5.74) is 0.337. The Labute approximate surface area is 127 Å². The maximum atomic E-state index is 13.8. The molecule has 1 aromatic carbocycles. The summed E-state index contributed by atoms with van der Waals surface area (Å²) in [6.45, 7) is 2.92. The van der Waals surface area contributed by atoms with Gasteiger partial charge in [-0.15, -0.1) is 11.6 Å². The standard InChI is InChI=1S/C15H15ClFN3O/c1-2-20-15(18-11-19-20)10-21-13-7-6-12(14(17)9-13)5-3-4-8-16/h6-7,9,11H,2,4,8,10H2,1H3. The lowest BCUT2D eigenvalue weighted by atomic mass is 10.2. The Balaban J connectivity index is 2.02. The molecular formula is C15H15ClFN3O. The summed E-state index contributed by atoms with van der Waals surface area (Å²) in [7, 11) is 0. The fourth-order valence-electron chi connectivity index (χ4n) is 1.70. The van der Waals surface area contributed by atoms with Crippen molar-refractivity contribution in [3.05, 3.63) is 41.7 Å². The molecule has 0 aliphatic heterocycles. The lowest BCUT2D eigenvalue weighted by Crippen LogP contribution is -2.07. The van der Waals surface area contributed by atoms with Crippen LogP contribution in [-0.2, 0) is 13.2 Å². The van der Waals surface area contributed by atoms with E-state index in [0.29, 0.717) is 36.0 Å². The maximum Gasteiger partial charge on any atom is 0.164 e. The van der Waals surface area contributed by atoms with E-state index in [9.17, 15) is 4.39 Å². The zero-order valence-electron chi connectivity index (χ0n) is 11.6. The first-order valence-corrected chi connectivity index (χ1v) is 7.12. The molecule has 0 unspecified atom stereocenters. The Morgan fingerprint density at radius 3 is 3.00 bits per heavy atom. The van der Waals surface area contributed by atoms with Gasteiger partial charge in [0.05, 0.1) is 5.56 Å². The van der Waals surface area contributed by atoms with Crippen molar-refractivity contribution >= 4 is 11.6 Å². The molecule has 1 heterocycles. The van der Waals surface area contributed by atoms with Crippen LogP contribution in [0.1, 0.15) is 24.7 Å². The van der Waals surface area contributed by atoms with Gasteiger partial charge < -0.3 is 4.74 Å². The van der Waals surface area contributed by atoms with E-state index in [1.165, 1.54) is 12.4 Å². The normalized spacial score (nSPS) is 10.0. The molecule has 0 bridgehead atoms. The molecule has 2 aromatic rings. The summed E-state index contributed by atoms with van der Waals surface area (Å²) >= 11 is 5.52. The first-order chi connectivity index (χ1) is 10.2. The van der Waals surface area contributed by atoms with Gasteiger partial charge in [-0.25, -0.2) is 14.1 Å². The Hall–Kier alpha value is -2.06. The Bertz CT molecular complexity index is 660. The zero-order chi connectivity index (χ0) is 15.1. The Morgan fingerprint density at radius 1 is 1.43 bits per heavy atom. The average molecular weight is 308 g/mol. The number of nitrogens with zero attached hydrogens (tertiary/aromatic N) is 3. The molecule has 0 N–H and O–H groups in total. The zero-order valence-corrected chi connectivity index (χ0v) is 12.4. The molecule has 0 spiro atoms. The monoisotopic (exact) mass is 307 g/mol. The Morgan fingerprint density at radius 2 is 2.29 bits per heavy atom. The molecule has 0 radical (unpaired) electrons. The van der Waals surface area contributed by atoms with E-state index in [2.05, 4.69) is 21.9 Å². The highest BCUT2D eigenvalue weighted by Gasteiger charge is 2.06. The SMILES string of the molecule is CCn1ncnc1COc1ccc(C#CCCCl)c(F)c1. The second kappa shape index (κ2) is 7.65. The molecule has 0 atom stereocenters. The van der Waals surface area contributed by atoms with Gasteiger partial charge in [0.25, 0.3) is 0 Å². The van der Waals surface area contributed by atoms with Gasteiger partial charge in [0.2, 0.25) is 0 Å². The second-order valence-electron chi connectivity index (χ2n) is 4.16. The van der Waals surface area contributed by atoms with Crippen molar-refractivity contribution in [2.75, 3.05) is 5.88 Å². The van der Waals surface area contributed by atoms with Crippen LogP contribution in [0.15, 0.2) is 24.5 Å². The number of hydrogen-bond acceptors (Lipinski definition) is 3. The van der Waals surface area contributed by atoms with Crippen molar-refractivity contribution in [1.82, 2.24) is 14.8 Å². The van der Waals surface area contributed by atoms with Crippen LogP contribution in [0, 0.1) is 17.7 Å². The molecule has 2 rings (SSSR count). The highest BCUT2D eigenvalue weighted by Crippen LogP contribution is 2.17. The van der Waals surface area contributed by atoms with Crippen molar-refractivity contribution < 1.29 is 9.13 Å². The Kier molecular flexibility index (Phi) is 5.59. The van der Waals surface area contributed by atoms with E-state index in [1.807, 2.05) is 6.92 Å². The van der Waals surface area contributed by atoms with Crippen molar-refractivity contribution in [3.8, 4) is 17.6 Å². The van der Waals surface area contributed by atoms with Gasteiger partial charge in [0.15, 0.2) is 5.82 Å². The molecule has 0 saturated carbocycles. The molecule has 1 aromatic heterocycles. The third-order valence-electron chi connectivity index (χ3n) is 2.75. The van der Waals surface area contributed by atoms with E-state index in [0.717, 1.165) is 0 Å². The van der Waals surface area contributed by atoms with Crippen LogP contribution in [-0.4, -0.2) is 20.6 Å². The third kappa shape index (κ3) is 4.20. The van der Waals surface area contributed by atoms with Crippen LogP contribution in [0.5, 0.6) is 5.75 Å². The van der Waals surface area contributed by atoms with Crippen molar-refractivity contribution in [3.63, 3.8) is 0 Å². The largest absolute Gasteiger partial charge is 0.486 e. The van der Waals surface area contributed by atoms with Crippen molar-refractivity contribution in [2.24, 2.45) is 0 Å². The van der Waals surface area contributed by atoms with Gasteiger partial charge in [0.1, 0.15) is 24.5 Å². The van der Waals surface area contributed by atoms with E-state index in [4.69, 9.17) is 16.3 Å². The number of alkyl halides is 1. The summed E-state index contributed by atoms with van der Waals surface area (Å²) in [4.78, 5) is 4.09. The fraction of sp³-hybridized carbons (Fsp3) is 0.333. The van der Waals surface area contributed by atoms with Gasteiger partial charge >= 0.3 is 0 Å². The molecule has 4 nitrogen and oxygen atoms in total. The predicted molar refractivity (Wildman–Crippen MR) is 78.6 cm³/mol. The summed E-state index contributed by atoms with van der Waals surface area (Å²) in [5.74, 6) is 6.69. The summed E-state index contributed by atoms with van der Waals surface area (Å²) < 4.78 is 21.1. The van der Waals surface area contributed by atoms with E-state index in [-0.39, 0.29) is 6.61 Å². The molecule has 0 fully saturated rings. The molecule has 6 heteroatoms. The lowest BCUT2D eigenvalue weighted by Gasteiger charge is -2.07. The maximum absolute atomic E-state index is 13.8. The van der Waals surface area contributed by atoms with Gasteiger partial charge in [0, 0.05) is 24.9 Å². The van der Waals surface area contributed by atoms with Crippen LogP contribution in [0.25, 0.3) is 0 Å². The van der Waals surface area contributed by atoms with Crippen molar-refractivity contribution in [2.45, 2.75) is 26.5 Å². The average Bonchev–Trinajstić information content (AvgIpc) is 2.95. The number of ether oxygens (including phenoxy) is 1. The first-order valence-electron chi connectivity index (χ1n) is 6.58. The van der Waals surface area contributed by atoms with Crippen LogP contribution >= 0.6 is 11.6 Å². The number of rotatable bonds is 5. The number of halogens is 2. The quantitative estimate of drug-likeness (QED) is 0.630. The second-order valence-corrected chi connectivity index (χ2v) is 4.54. The fourth-order valence-corrected chi connectivity index (χ4v) is 1.80. The molecule has 110 valence electrons. The van der Waals surface area contributed by atoms with Crippen LogP contribution in [0.2, 0.25) is 0 Å². The summed E-state index contributed by atoms with van der Waals surface area (Å²) in [6, 6.07) is 4.59. The minimum Gasteiger partial charge on any atom is -0.486 e. The summed E-state index contributed by atoms with van der Waals surface area (Å²) in [6.07, 6.45) is 2.00. The molecule has 0 amide bonds. The van der Waals surface area contributed by atoms with Gasteiger partial charge in [-0.3, -0.25) is 0 Å². The number of hydrogen-bond donors (Lipinski definition) is 0. The number of benzene rings is 1. The number of aromatic nitrogens is 3. The molecule has 0 aliphatic rings. The van der Waals surface area contributed by atoms with E-state index >= 15 is 0 Å². The highest BCUT2D eigenvalue weighted by atomic mass is 35.5. The number of aryl methyl sites for hydroxylation is 1. The summed E-state index contributed by atoms with van der Waals surface area (Å²) in [5, 5.41) is 4.04. The third-order valence-corrected chi connectivity index (χ3v) is 2.94. The molecule has 0 aliphatic carbocycles. The minimum absolute atomic E-state index is 0.241. The van der Waals surface area contributed by atoms with E-state index in [1.54, 1.807) is 16.8 Å². The van der Waals surface area contributed by atoms with Crippen molar-refractivity contribution in [1.29, 1.82) is 0 Å². The van der Waals surface area contributed by atoms with Gasteiger partial charge in [-0.1, -0.05) is 11.8 Å². The van der Waals surface area contributed by atoms with Gasteiger partial charge in [-0.05, 0) is 19.1 Å². The smallest absolute Gasteiger partial charge is 0.164 e. The molecular weight excluding hydrogens is 293 g/mol. The molecule has 0 saturated heterocycles. The van der Waals surface area contributed by atoms with Crippen LogP contribution in [0.3, 0.4) is 0 Å². The van der Waals surface area contributed by atoms with Crippen LogP contribution in [0.4, 0.5) is 4.39 Å². The lowest BCUT2D eigenvalue weighted by molar-refractivity contribution is 0.286. The van der Waals surface area contributed by atoms with Crippen LogP contribution < -0.4 is 4.74 Å². The topological polar surface area (TPSA) is 39.9 Å². The first kappa shape index (κ1) is 15.3. The minimum atomic E-state index is -0.411. The van der Waals surface area contributed by atoms with E-state index < -0.39 is 5.82 Å². The van der Waals surface area contributed by atoms with Gasteiger partial charge in [-0.2, -0.15) is 5.10 Å².